The number of ether oxygens (including phenoxy) is 4. The maximum absolute atomic E-state index is 13.0. The molecule has 0 rings (SSSR count). The van der Waals surface area contributed by atoms with E-state index in [9.17, 15) is 43.2 Å². The molecule has 3 unspecified atom stereocenters. The number of hydrogen-bond acceptors (Lipinski definition) is 15. The first kappa shape index (κ1) is 82.0. The van der Waals surface area contributed by atoms with Crippen molar-refractivity contribution in [2.45, 2.75) is 303 Å². The predicted octanol–water partition coefficient (Wildman–Crippen LogP) is 17.7. The SMILES string of the molecule is CCCCCC/C=C\C=C/CCCCCCCC(=O)OC[C@H](COP(=O)(O)OC[C@@H](O)COP(=O)(O)OC[C@@H](COC(=O)CCCCCCC)OC(=O)CCCCCCCCC(C)CC)OC(=O)CCCCCCC/C=C\C=C/CCCCCC. The number of rotatable bonds is 62. The number of aliphatic hydroxyl groups excluding tert-OH is 1. The van der Waals surface area contributed by atoms with Crippen molar-refractivity contribution in [2.24, 2.45) is 5.92 Å². The molecule has 0 saturated heterocycles. The normalized spacial score (nSPS) is 14.9. The van der Waals surface area contributed by atoms with Crippen LogP contribution in [0.5, 0.6) is 0 Å². The molecule has 0 aromatic carbocycles. The Kier molecular flexibility index (Phi) is 56.6. The number of carbonyl (C=O) groups is 4. The quantitative estimate of drug-likeness (QED) is 0.0169. The molecule has 0 aliphatic heterocycles. The smallest absolute Gasteiger partial charge is 0.462 e. The van der Waals surface area contributed by atoms with E-state index in [1.54, 1.807) is 0 Å². The molecule has 19 heteroatoms. The van der Waals surface area contributed by atoms with Gasteiger partial charge in [-0.1, -0.05) is 231 Å². The number of phosphoric ester groups is 2. The topological polar surface area (TPSA) is 237 Å². The highest BCUT2D eigenvalue weighted by atomic mass is 31.2. The molecule has 0 amide bonds. The van der Waals surface area contributed by atoms with Crippen LogP contribution in [-0.2, 0) is 65.4 Å². The summed E-state index contributed by atoms with van der Waals surface area (Å²) in [6.07, 6.45) is 49.3. The van der Waals surface area contributed by atoms with Crippen LogP contribution >= 0.6 is 15.6 Å². The van der Waals surface area contributed by atoms with E-state index in [4.69, 9.17) is 37.0 Å². The molecular weight excluding hydrogens is 1130 g/mol. The number of hydrogen-bond donors (Lipinski definition) is 3. The lowest BCUT2D eigenvalue weighted by Crippen LogP contribution is -2.30. The number of carbonyl (C=O) groups excluding carboxylic acids is 4. The van der Waals surface area contributed by atoms with Crippen molar-refractivity contribution in [3.05, 3.63) is 48.6 Å². The largest absolute Gasteiger partial charge is 0.472 e. The Balaban J connectivity index is 5.26. The molecular formula is C66H120O17P2. The summed E-state index contributed by atoms with van der Waals surface area (Å²) in [5.41, 5.74) is 0. The maximum atomic E-state index is 13.0. The highest BCUT2D eigenvalue weighted by Crippen LogP contribution is 2.45. The van der Waals surface area contributed by atoms with Crippen molar-refractivity contribution in [2.75, 3.05) is 39.6 Å². The molecule has 0 aromatic heterocycles. The van der Waals surface area contributed by atoms with Gasteiger partial charge in [0.1, 0.15) is 19.3 Å². The molecule has 0 radical (unpaired) electrons. The minimum atomic E-state index is -4.96. The van der Waals surface area contributed by atoms with Crippen LogP contribution < -0.4 is 0 Å². The average molecular weight is 1250 g/mol. The summed E-state index contributed by atoms with van der Waals surface area (Å²) < 4.78 is 67.8. The number of unbranched alkanes of at least 4 members (excludes halogenated alkanes) is 27. The van der Waals surface area contributed by atoms with E-state index in [1.165, 1.54) is 70.6 Å². The van der Waals surface area contributed by atoms with Crippen LogP contribution in [0, 0.1) is 5.92 Å². The van der Waals surface area contributed by atoms with E-state index in [-0.39, 0.29) is 25.7 Å². The second-order valence-electron chi connectivity index (χ2n) is 22.7. The second-order valence-corrected chi connectivity index (χ2v) is 25.6. The Labute approximate surface area is 515 Å². The molecule has 0 bridgehead atoms. The van der Waals surface area contributed by atoms with Crippen LogP contribution in [0.15, 0.2) is 48.6 Å². The third-order valence-corrected chi connectivity index (χ3v) is 16.3. The van der Waals surface area contributed by atoms with E-state index in [1.807, 2.05) is 0 Å². The summed E-state index contributed by atoms with van der Waals surface area (Å²) >= 11 is 0. The highest BCUT2D eigenvalue weighted by Gasteiger charge is 2.30. The monoisotopic (exact) mass is 1250 g/mol. The van der Waals surface area contributed by atoms with E-state index in [0.29, 0.717) is 25.7 Å². The van der Waals surface area contributed by atoms with Gasteiger partial charge in [0, 0.05) is 25.7 Å². The van der Waals surface area contributed by atoms with Gasteiger partial charge in [0.15, 0.2) is 12.2 Å². The van der Waals surface area contributed by atoms with Gasteiger partial charge in [-0.25, -0.2) is 9.13 Å². The molecule has 496 valence electrons. The molecule has 0 saturated carbocycles. The van der Waals surface area contributed by atoms with Gasteiger partial charge in [-0.3, -0.25) is 37.3 Å². The van der Waals surface area contributed by atoms with Crippen molar-refractivity contribution in [3.63, 3.8) is 0 Å². The van der Waals surface area contributed by atoms with E-state index in [0.717, 1.165) is 134 Å². The van der Waals surface area contributed by atoms with E-state index < -0.39 is 97.5 Å². The van der Waals surface area contributed by atoms with Gasteiger partial charge in [0.25, 0.3) is 0 Å². The maximum Gasteiger partial charge on any atom is 0.472 e. The molecule has 0 fully saturated rings. The summed E-state index contributed by atoms with van der Waals surface area (Å²) in [5.74, 6) is -1.49. The Hall–Kier alpha value is -2.98. The van der Waals surface area contributed by atoms with Crippen LogP contribution in [0.2, 0.25) is 0 Å². The van der Waals surface area contributed by atoms with Crippen LogP contribution in [0.25, 0.3) is 0 Å². The zero-order valence-electron chi connectivity index (χ0n) is 53.7. The van der Waals surface area contributed by atoms with Crippen LogP contribution in [0.3, 0.4) is 0 Å². The third-order valence-electron chi connectivity index (χ3n) is 14.4. The van der Waals surface area contributed by atoms with Crippen LogP contribution in [0.1, 0.15) is 285 Å². The van der Waals surface area contributed by atoms with Crippen molar-refractivity contribution < 1.29 is 80.2 Å². The molecule has 0 aliphatic carbocycles. The number of aliphatic hydroxyl groups is 1. The van der Waals surface area contributed by atoms with E-state index >= 15 is 0 Å². The zero-order valence-corrected chi connectivity index (χ0v) is 55.5. The molecule has 0 aromatic rings. The van der Waals surface area contributed by atoms with Gasteiger partial charge in [-0.2, -0.15) is 0 Å². The van der Waals surface area contributed by atoms with Gasteiger partial charge in [-0.05, 0) is 83.0 Å². The summed E-state index contributed by atoms with van der Waals surface area (Å²) in [7, 11) is -9.91. The summed E-state index contributed by atoms with van der Waals surface area (Å²) in [5, 5.41) is 10.5. The first-order chi connectivity index (χ1) is 41.1. The molecule has 85 heavy (non-hydrogen) atoms. The van der Waals surface area contributed by atoms with Crippen molar-refractivity contribution in [1.82, 2.24) is 0 Å². The first-order valence-corrected chi connectivity index (χ1v) is 36.3. The van der Waals surface area contributed by atoms with Gasteiger partial charge >= 0.3 is 39.5 Å². The van der Waals surface area contributed by atoms with Crippen molar-refractivity contribution in [1.29, 1.82) is 0 Å². The Morgan fingerprint density at radius 1 is 0.376 bits per heavy atom. The molecule has 0 spiro atoms. The molecule has 3 N–H and O–H groups in total. The standard InChI is InChI=1S/C66H120O17P2/c1-6-10-13-16-18-20-22-24-26-28-30-32-34-40-45-50-64(69)77-56-62(82-65(70)51-46-41-35-33-31-29-27-25-23-21-19-17-14-11-7-2)58-81-85(74,75)79-54-60(67)53-78-84(72,73)80-57-61(55-76-63(68)49-44-38-15-12-8-3)83-66(71)52-47-42-37-36-39-43-48-59(5)9-4/h20-27,59-62,67H,6-19,28-58H2,1-5H3,(H,72,73)(H,74,75)/b22-20-,23-21-,26-24-,27-25-/t59?,60-,61+,62+/m0/s1. The highest BCUT2D eigenvalue weighted by molar-refractivity contribution is 7.47. The first-order valence-electron chi connectivity index (χ1n) is 33.3. The summed E-state index contributed by atoms with van der Waals surface area (Å²) in [6.45, 7) is 6.93. The lowest BCUT2D eigenvalue weighted by atomic mass is 10.00. The van der Waals surface area contributed by atoms with Gasteiger partial charge in [0.05, 0.1) is 26.4 Å². The fraction of sp³-hybridized carbons (Fsp3) is 0.818. The number of esters is 4. The van der Waals surface area contributed by atoms with Gasteiger partial charge in [-0.15, -0.1) is 0 Å². The van der Waals surface area contributed by atoms with Crippen LogP contribution in [-0.4, -0.2) is 96.7 Å². The average Bonchev–Trinajstić information content (AvgIpc) is 3.48. The summed E-state index contributed by atoms with van der Waals surface area (Å²) in [4.78, 5) is 72.0. The fourth-order valence-corrected chi connectivity index (χ4v) is 10.4. The van der Waals surface area contributed by atoms with Crippen molar-refractivity contribution in [3.8, 4) is 0 Å². The Morgan fingerprint density at radius 3 is 1.00 bits per heavy atom. The summed E-state index contributed by atoms with van der Waals surface area (Å²) in [6, 6.07) is 0. The van der Waals surface area contributed by atoms with Gasteiger partial charge in [0.2, 0.25) is 0 Å². The third kappa shape index (κ3) is 58.5. The van der Waals surface area contributed by atoms with Gasteiger partial charge < -0.3 is 33.8 Å². The van der Waals surface area contributed by atoms with Crippen LogP contribution in [0.4, 0.5) is 0 Å². The molecule has 0 aliphatic rings. The zero-order chi connectivity index (χ0) is 62.8. The molecule has 6 atom stereocenters. The number of allylic oxidation sites excluding steroid dienone is 8. The Morgan fingerprint density at radius 2 is 0.659 bits per heavy atom. The van der Waals surface area contributed by atoms with E-state index in [2.05, 4.69) is 83.2 Å². The lowest BCUT2D eigenvalue weighted by molar-refractivity contribution is -0.161. The number of phosphoric acid groups is 2. The minimum Gasteiger partial charge on any atom is -0.462 e. The lowest BCUT2D eigenvalue weighted by Gasteiger charge is -2.21. The predicted molar refractivity (Wildman–Crippen MR) is 340 cm³/mol. The fourth-order valence-electron chi connectivity index (χ4n) is 8.82. The second kappa shape index (κ2) is 58.7. The minimum absolute atomic E-state index is 0.0778. The molecule has 17 nitrogen and oxygen atoms in total. The molecule has 0 heterocycles. The Bertz CT molecular complexity index is 1840. The van der Waals surface area contributed by atoms with Crippen molar-refractivity contribution >= 4 is 39.5 Å².